The van der Waals surface area contributed by atoms with Crippen LogP contribution in [0.2, 0.25) is 0 Å². The number of hydrazone groups is 1. The van der Waals surface area contributed by atoms with Gasteiger partial charge in [0.05, 0.1) is 24.1 Å². The van der Waals surface area contributed by atoms with E-state index in [0.717, 1.165) is 41.6 Å². The number of carbonyl (C=O) groups excluding carboxylic acids is 1. The number of nitrogens with zero attached hydrogens (tertiary/aromatic N) is 4. The molecule has 0 unspecified atom stereocenters. The van der Waals surface area contributed by atoms with Gasteiger partial charge in [0, 0.05) is 30.7 Å². The highest BCUT2D eigenvalue weighted by Gasteiger charge is 2.25. The Hall–Kier alpha value is -3.75. The average Bonchev–Trinajstić information content (AvgIpc) is 2.77. The van der Waals surface area contributed by atoms with Crippen LogP contribution in [-0.4, -0.2) is 50.6 Å². The Bertz CT molecular complexity index is 1140. The molecule has 180 valence electrons. The summed E-state index contributed by atoms with van der Waals surface area (Å²) in [7, 11) is 0. The number of nitrogens with one attached hydrogen (secondary N) is 3. The van der Waals surface area contributed by atoms with Crippen LogP contribution in [0.5, 0.6) is 0 Å². The number of hydrogen-bond donors (Lipinski definition) is 3. The standard InChI is InChI=1S/C25H32FN7O/c1-5-33(25(34)24-22(30-28-13-12-27)11-7-18(3)29-24)19(4)15-32-16-23(31-32)20-8-6-17(2)14-21(26)10-9-20/h7,9-14,16,19,27,30-31H,5-6,8,15H2,1-4H3/b17-14+,20-9+,21-10+,27-12?,28-13-/t19-/m0/s1. The molecule has 1 aliphatic rings. The first kappa shape index (κ1) is 24.9. The number of halogens is 1. The van der Waals surface area contributed by atoms with Crippen molar-refractivity contribution in [1.29, 1.82) is 5.41 Å². The molecule has 2 aromatic heterocycles. The molecular weight excluding hydrogens is 433 g/mol. The predicted octanol–water partition coefficient (Wildman–Crippen LogP) is 5.09. The first-order valence-electron chi connectivity index (χ1n) is 11.4. The Morgan fingerprint density at radius 3 is 2.85 bits per heavy atom. The number of aromatic nitrogens is 3. The Kier molecular flexibility index (Phi) is 8.34. The van der Waals surface area contributed by atoms with Crippen LogP contribution in [-0.2, 0) is 6.54 Å². The Balaban J connectivity index is 1.71. The summed E-state index contributed by atoms with van der Waals surface area (Å²) in [6, 6.07) is 3.47. The molecule has 2 aromatic rings. The molecule has 0 saturated carbocycles. The minimum absolute atomic E-state index is 0.100. The zero-order chi connectivity index (χ0) is 24.7. The zero-order valence-corrected chi connectivity index (χ0v) is 20.1. The van der Waals surface area contributed by atoms with Gasteiger partial charge in [0.2, 0.25) is 0 Å². The first-order chi connectivity index (χ1) is 16.3. The van der Waals surface area contributed by atoms with Crippen molar-refractivity contribution in [2.24, 2.45) is 5.10 Å². The number of likely N-dealkylation sites (N-methyl/N-ethyl adjacent to an activating group) is 1. The summed E-state index contributed by atoms with van der Waals surface area (Å²) in [5, 5.41) is 14.3. The highest BCUT2D eigenvalue weighted by molar-refractivity contribution is 6.14. The van der Waals surface area contributed by atoms with E-state index in [1.165, 1.54) is 12.3 Å². The van der Waals surface area contributed by atoms with E-state index in [1.54, 1.807) is 23.1 Å². The monoisotopic (exact) mass is 465 g/mol. The Labute approximate surface area is 199 Å². The third kappa shape index (κ3) is 6.18. The van der Waals surface area contributed by atoms with E-state index in [4.69, 9.17) is 5.41 Å². The van der Waals surface area contributed by atoms with Crippen molar-refractivity contribution < 1.29 is 9.18 Å². The van der Waals surface area contributed by atoms with Crippen molar-refractivity contribution in [2.75, 3.05) is 12.0 Å². The van der Waals surface area contributed by atoms with Gasteiger partial charge >= 0.3 is 0 Å². The largest absolute Gasteiger partial charge is 0.333 e. The quantitative estimate of drug-likeness (QED) is 0.355. The molecule has 0 fully saturated rings. The van der Waals surface area contributed by atoms with Crippen molar-refractivity contribution in [2.45, 2.75) is 53.1 Å². The Morgan fingerprint density at radius 1 is 1.38 bits per heavy atom. The maximum atomic E-state index is 13.8. The fraction of sp³-hybridized carbons (Fsp3) is 0.360. The van der Waals surface area contributed by atoms with E-state index in [1.807, 2.05) is 44.6 Å². The Morgan fingerprint density at radius 2 is 2.15 bits per heavy atom. The molecule has 1 amide bonds. The van der Waals surface area contributed by atoms with Crippen LogP contribution in [0.3, 0.4) is 0 Å². The fourth-order valence-corrected chi connectivity index (χ4v) is 3.86. The van der Waals surface area contributed by atoms with Gasteiger partial charge in [-0.1, -0.05) is 11.6 Å². The number of rotatable bonds is 9. The molecular formula is C25H32FN7O. The molecule has 2 heterocycles. The lowest BCUT2D eigenvalue weighted by molar-refractivity contribution is 0.0678. The summed E-state index contributed by atoms with van der Waals surface area (Å²) in [6.07, 6.45) is 10.9. The van der Waals surface area contributed by atoms with Crippen LogP contribution in [0.25, 0.3) is 5.57 Å². The van der Waals surface area contributed by atoms with Crippen molar-refractivity contribution in [1.82, 2.24) is 19.7 Å². The summed E-state index contributed by atoms with van der Waals surface area (Å²) < 4.78 is 15.7. The molecule has 1 aliphatic carbocycles. The molecule has 0 bridgehead atoms. The third-order valence-corrected chi connectivity index (χ3v) is 5.68. The zero-order valence-electron chi connectivity index (χ0n) is 20.1. The molecule has 0 aromatic carbocycles. The number of amides is 1. The van der Waals surface area contributed by atoms with Crippen molar-refractivity contribution in [3.8, 4) is 0 Å². The first-order valence-corrected chi connectivity index (χ1v) is 11.4. The van der Waals surface area contributed by atoms with E-state index < -0.39 is 0 Å². The van der Waals surface area contributed by atoms with Gasteiger partial charge < -0.3 is 10.3 Å². The number of hydrogen-bond acceptors (Lipinski definition) is 5. The van der Waals surface area contributed by atoms with Gasteiger partial charge in [-0.25, -0.2) is 9.37 Å². The SMILES string of the molecule is CCN(C(=O)c1nc(C)ccc1N/N=C\C=N)[C@@H](C)Cn1cc(/C2=C/C=C(F)\C=C(/C)CC2)[nH]1. The number of pyridine rings is 1. The second kappa shape index (κ2) is 11.4. The summed E-state index contributed by atoms with van der Waals surface area (Å²) in [5.41, 5.74) is 7.35. The van der Waals surface area contributed by atoms with E-state index in [9.17, 15) is 9.18 Å². The molecule has 0 saturated heterocycles. The smallest absolute Gasteiger partial charge is 0.274 e. The third-order valence-electron chi connectivity index (χ3n) is 5.68. The molecule has 1 atom stereocenters. The van der Waals surface area contributed by atoms with Gasteiger partial charge in [-0.05, 0) is 70.4 Å². The van der Waals surface area contributed by atoms with Gasteiger partial charge in [-0.3, -0.25) is 20.0 Å². The molecule has 0 aliphatic heterocycles. The van der Waals surface area contributed by atoms with Crippen LogP contribution < -0.4 is 5.43 Å². The topological polar surface area (TPSA) is 102 Å². The van der Waals surface area contributed by atoms with Crippen molar-refractivity contribution >= 4 is 29.6 Å². The number of allylic oxidation sites excluding steroid dienone is 6. The minimum atomic E-state index is -0.237. The number of carbonyl (C=O) groups is 1. The van der Waals surface area contributed by atoms with Crippen LogP contribution in [0.1, 0.15) is 55.5 Å². The summed E-state index contributed by atoms with van der Waals surface area (Å²) in [4.78, 5) is 19.6. The predicted molar refractivity (Wildman–Crippen MR) is 135 cm³/mol. The maximum Gasteiger partial charge on any atom is 0.274 e. The van der Waals surface area contributed by atoms with Gasteiger partial charge in [0.25, 0.3) is 5.91 Å². The molecule has 3 rings (SSSR count). The summed E-state index contributed by atoms with van der Waals surface area (Å²) in [6.45, 7) is 8.80. The normalized spacial score (nSPS) is 19.7. The lowest BCUT2D eigenvalue weighted by Gasteiger charge is -2.30. The lowest BCUT2D eigenvalue weighted by atomic mass is 10.00. The van der Waals surface area contributed by atoms with Gasteiger partial charge in [0.1, 0.15) is 5.83 Å². The molecule has 8 nitrogen and oxygen atoms in total. The molecule has 3 N–H and O–H groups in total. The number of aromatic amines is 1. The van der Waals surface area contributed by atoms with Gasteiger partial charge in [-0.2, -0.15) is 5.10 Å². The minimum Gasteiger partial charge on any atom is -0.333 e. The average molecular weight is 466 g/mol. The van der Waals surface area contributed by atoms with Gasteiger partial charge in [0.15, 0.2) is 5.69 Å². The van der Waals surface area contributed by atoms with Gasteiger partial charge in [-0.15, -0.1) is 0 Å². The van der Waals surface area contributed by atoms with E-state index in [-0.39, 0.29) is 17.8 Å². The fourth-order valence-electron chi connectivity index (χ4n) is 3.86. The highest BCUT2D eigenvalue weighted by atomic mass is 19.1. The molecule has 34 heavy (non-hydrogen) atoms. The summed E-state index contributed by atoms with van der Waals surface area (Å²) >= 11 is 0. The van der Waals surface area contributed by atoms with Crippen molar-refractivity contribution in [3.05, 3.63) is 65.0 Å². The molecule has 9 heteroatoms. The van der Waals surface area contributed by atoms with Crippen molar-refractivity contribution in [3.63, 3.8) is 0 Å². The maximum absolute atomic E-state index is 13.8. The molecule has 0 spiro atoms. The van der Waals surface area contributed by atoms with Crippen LogP contribution in [0, 0.1) is 12.3 Å². The highest BCUT2D eigenvalue weighted by Crippen LogP contribution is 2.26. The number of anilines is 1. The van der Waals surface area contributed by atoms with Crippen LogP contribution in [0.15, 0.2) is 53.1 Å². The van der Waals surface area contributed by atoms with E-state index in [2.05, 4.69) is 20.6 Å². The van der Waals surface area contributed by atoms with E-state index >= 15 is 0 Å². The second-order valence-electron chi connectivity index (χ2n) is 8.39. The lowest BCUT2D eigenvalue weighted by Crippen LogP contribution is -2.42. The van der Waals surface area contributed by atoms with Crippen LogP contribution >= 0.6 is 0 Å². The second-order valence-corrected chi connectivity index (χ2v) is 8.39. The summed E-state index contributed by atoms with van der Waals surface area (Å²) in [5.74, 6) is -0.430. The van der Waals surface area contributed by atoms with Crippen LogP contribution in [0.4, 0.5) is 10.1 Å². The number of aryl methyl sites for hydroxylation is 1. The number of H-pyrrole nitrogens is 1. The molecule has 0 radical (unpaired) electrons. The van der Waals surface area contributed by atoms with E-state index in [0.29, 0.717) is 24.5 Å².